The van der Waals surface area contributed by atoms with Crippen molar-refractivity contribution in [2.24, 2.45) is 0 Å². The lowest BCUT2D eigenvalue weighted by molar-refractivity contribution is 0.474. The molecule has 0 radical (unpaired) electrons. The SMILES string of the molecule is CCCNC(CCC)Cc1csc2ccccc12. The molecule has 1 aromatic carbocycles. The van der Waals surface area contributed by atoms with Gasteiger partial charge >= 0.3 is 0 Å². The summed E-state index contributed by atoms with van der Waals surface area (Å²) in [4.78, 5) is 0. The summed E-state index contributed by atoms with van der Waals surface area (Å²) in [5.74, 6) is 0. The number of thiophene rings is 1. The fourth-order valence-electron chi connectivity index (χ4n) is 2.43. The second kappa shape index (κ2) is 6.91. The maximum absolute atomic E-state index is 3.68. The molecule has 0 spiro atoms. The van der Waals surface area contributed by atoms with Gasteiger partial charge in [0.05, 0.1) is 0 Å². The van der Waals surface area contributed by atoms with Crippen LogP contribution in [0.25, 0.3) is 10.1 Å². The van der Waals surface area contributed by atoms with E-state index in [0.29, 0.717) is 6.04 Å². The van der Waals surface area contributed by atoms with Crippen LogP contribution in [0.1, 0.15) is 38.7 Å². The molecule has 98 valence electrons. The molecular formula is C16H23NS. The fourth-order valence-corrected chi connectivity index (χ4v) is 3.41. The molecule has 2 rings (SSSR count). The highest BCUT2D eigenvalue weighted by Gasteiger charge is 2.11. The molecule has 0 aliphatic carbocycles. The maximum atomic E-state index is 3.68. The smallest absolute Gasteiger partial charge is 0.0345 e. The molecule has 1 aromatic heterocycles. The van der Waals surface area contributed by atoms with Crippen LogP contribution >= 0.6 is 11.3 Å². The molecule has 0 fully saturated rings. The zero-order valence-electron chi connectivity index (χ0n) is 11.4. The van der Waals surface area contributed by atoms with Crippen LogP contribution < -0.4 is 5.32 Å². The molecule has 1 atom stereocenters. The molecule has 0 saturated carbocycles. The lowest BCUT2D eigenvalue weighted by atomic mass is 10.0. The van der Waals surface area contributed by atoms with Gasteiger partial charge in [-0.25, -0.2) is 0 Å². The molecule has 1 unspecified atom stereocenters. The second-order valence-corrected chi connectivity index (χ2v) is 5.81. The van der Waals surface area contributed by atoms with Crippen LogP contribution in [0.2, 0.25) is 0 Å². The molecule has 2 aromatic rings. The molecule has 0 saturated heterocycles. The average Bonchev–Trinajstić information content (AvgIpc) is 2.80. The van der Waals surface area contributed by atoms with Gasteiger partial charge in [-0.1, -0.05) is 38.5 Å². The number of benzene rings is 1. The van der Waals surface area contributed by atoms with E-state index in [4.69, 9.17) is 0 Å². The predicted molar refractivity (Wildman–Crippen MR) is 82.5 cm³/mol. The topological polar surface area (TPSA) is 12.0 Å². The summed E-state index contributed by atoms with van der Waals surface area (Å²) in [7, 11) is 0. The monoisotopic (exact) mass is 261 g/mol. The predicted octanol–water partition coefficient (Wildman–Crippen LogP) is 4.61. The van der Waals surface area contributed by atoms with E-state index in [9.17, 15) is 0 Å². The first-order valence-corrected chi connectivity index (χ1v) is 7.91. The van der Waals surface area contributed by atoms with Crippen molar-refractivity contribution >= 4 is 21.4 Å². The number of nitrogens with one attached hydrogen (secondary N) is 1. The van der Waals surface area contributed by atoms with E-state index in [-0.39, 0.29) is 0 Å². The van der Waals surface area contributed by atoms with E-state index in [1.165, 1.54) is 34.9 Å². The lowest BCUT2D eigenvalue weighted by Gasteiger charge is -2.17. The van der Waals surface area contributed by atoms with Gasteiger partial charge in [0.15, 0.2) is 0 Å². The van der Waals surface area contributed by atoms with Gasteiger partial charge in [-0.2, -0.15) is 0 Å². The lowest BCUT2D eigenvalue weighted by Crippen LogP contribution is -2.31. The van der Waals surface area contributed by atoms with Gasteiger partial charge in [0.1, 0.15) is 0 Å². The Morgan fingerprint density at radius 3 is 2.78 bits per heavy atom. The molecule has 1 nitrogen and oxygen atoms in total. The third kappa shape index (κ3) is 3.33. The number of fused-ring (bicyclic) bond motifs is 1. The van der Waals surface area contributed by atoms with Gasteiger partial charge < -0.3 is 5.32 Å². The molecule has 0 aliphatic heterocycles. The first kappa shape index (κ1) is 13.6. The fraction of sp³-hybridized carbons (Fsp3) is 0.500. The van der Waals surface area contributed by atoms with Crippen LogP contribution in [0.4, 0.5) is 0 Å². The maximum Gasteiger partial charge on any atom is 0.0345 e. The summed E-state index contributed by atoms with van der Waals surface area (Å²) in [6.07, 6.45) is 4.90. The third-order valence-electron chi connectivity index (χ3n) is 3.35. The van der Waals surface area contributed by atoms with E-state index >= 15 is 0 Å². The van der Waals surface area contributed by atoms with E-state index in [2.05, 4.69) is 48.8 Å². The highest BCUT2D eigenvalue weighted by Crippen LogP contribution is 2.27. The van der Waals surface area contributed by atoms with Crippen molar-refractivity contribution in [2.75, 3.05) is 6.54 Å². The summed E-state index contributed by atoms with van der Waals surface area (Å²) in [6, 6.07) is 9.38. The third-order valence-corrected chi connectivity index (χ3v) is 4.36. The van der Waals surface area contributed by atoms with Gasteiger partial charge in [-0.05, 0) is 48.2 Å². The molecule has 2 heteroatoms. The van der Waals surface area contributed by atoms with E-state index in [0.717, 1.165) is 13.0 Å². The Hall–Kier alpha value is -0.860. The van der Waals surface area contributed by atoms with Crippen molar-refractivity contribution in [3.05, 3.63) is 35.2 Å². The number of rotatable bonds is 7. The Kier molecular flexibility index (Phi) is 5.21. The van der Waals surface area contributed by atoms with Crippen molar-refractivity contribution in [2.45, 2.75) is 45.6 Å². The van der Waals surface area contributed by atoms with Gasteiger partial charge in [0.25, 0.3) is 0 Å². The second-order valence-electron chi connectivity index (χ2n) is 4.90. The first-order valence-electron chi connectivity index (χ1n) is 7.03. The first-order chi connectivity index (χ1) is 8.85. The largest absolute Gasteiger partial charge is 0.314 e. The van der Waals surface area contributed by atoms with Gasteiger partial charge in [-0.3, -0.25) is 0 Å². The molecule has 18 heavy (non-hydrogen) atoms. The Labute approximate surface area is 114 Å². The molecule has 0 bridgehead atoms. The van der Waals surface area contributed by atoms with Crippen LogP contribution in [0.5, 0.6) is 0 Å². The van der Waals surface area contributed by atoms with Crippen molar-refractivity contribution in [1.29, 1.82) is 0 Å². The van der Waals surface area contributed by atoms with Crippen molar-refractivity contribution in [1.82, 2.24) is 5.32 Å². The van der Waals surface area contributed by atoms with E-state index in [1.54, 1.807) is 0 Å². The summed E-state index contributed by atoms with van der Waals surface area (Å²) in [5, 5.41) is 7.46. The summed E-state index contributed by atoms with van der Waals surface area (Å²) in [6.45, 7) is 5.63. The normalized spacial score (nSPS) is 13.0. The zero-order valence-corrected chi connectivity index (χ0v) is 12.2. The highest BCUT2D eigenvalue weighted by atomic mass is 32.1. The van der Waals surface area contributed by atoms with Crippen LogP contribution in [0.3, 0.4) is 0 Å². The minimum Gasteiger partial charge on any atom is -0.314 e. The molecule has 1 heterocycles. The summed E-state index contributed by atoms with van der Waals surface area (Å²) >= 11 is 1.87. The molecule has 1 N–H and O–H groups in total. The van der Waals surface area contributed by atoms with Gasteiger partial charge in [0, 0.05) is 10.7 Å². The quantitative estimate of drug-likeness (QED) is 0.767. The minimum atomic E-state index is 0.632. The highest BCUT2D eigenvalue weighted by molar-refractivity contribution is 7.17. The Morgan fingerprint density at radius 1 is 1.17 bits per heavy atom. The molecular weight excluding hydrogens is 238 g/mol. The van der Waals surface area contributed by atoms with Crippen molar-refractivity contribution < 1.29 is 0 Å². The van der Waals surface area contributed by atoms with Crippen LogP contribution in [0.15, 0.2) is 29.6 Å². The van der Waals surface area contributed by atoms with Crippen LogP contribution in [-0.2, 0) is 6.42 Å². The minimum absolute atomic E-state index is 0.632. The average molecular weight is 261 g/mol. The van der Waals surface area contributed by atoms with Crippen LogP contribution in [-0.4, -0.2) is 12.6 Å². The Balaban J connectivity index is 2.10. The van der Waals surface area contributed by atoms with E-state index < -0.39 is 0 Å². The standard InChI is InChI=1S/C16H23NS/c1-3-7-14(17-10-4-2)11-13-12-18-16-9-6-5-8-15(13)16/h5-6,8-9,12,14,17H,3-4,7,10-11H2,1-2H3. The van der Waals surface area contributed by atoms with Gasteiger partial charge in [-0.15, -0.1) is 11.3 Å². The summed E-state index contributed by atoms with van der Waals surface area (Å²) in [5.41, 5.74) is 1.51. The van der Waals surface area contributed by atoms with E-state index in [1.807, 2.05) is 11.3 Å². The number of hydrogen-bond acceptors (Lipinski definition) is 2. The van der Waals surface area contributed by atoms with Crippen molar-refractivity contribution in [3.8, 4) is 0 Å². The molecule has 0 aliphatic rings. The van der Waals surface area contributed by atoms with Gasteiger partial charge in [0.2, 0.25) is 0 Å². The van der Waals surface area contributed by atoms with Crippen molar-refractivity contribution in [3.63, 3.8) is 0 Å². The molecule has 0 amide bonds. The summed E-state index contributed by atoms with van der Waals surface area (Å²) < 4.78 is 1.42. The zero-order chi connectivity index (χ0) is 12.8. The van der Waals surface area contributed by atoms with Crippen LogP contribution in [0, 0.1) is 0 Å². The number of hydrogen-bond donors (Lipinski definition) is 1. The Morgan fingerprint density at radius 2 is 2.00 bits per heavy atom. The Bertz CT molecular complexity index is 475.